The summed E-state index contributed by atoms with van der Waals surface area (Å²) in [4.78, 5) is 0. The van der Waals surface area contributed by atoms with Crippen LogP contribution >= 0.6 is 17.0 Å². The zero-order chi connectivity index (χ0) is 42.7. The van der Waals surface area contributed by atoms with Gasteiger partial charge in [0.1, 0.15) is 0 Å². The topological polar surface area (TPSA) is 0 Å². The Bertz CT molecular complexity index is 2530. The van der Waals surface area contributed by atoms with Gasteiger partial charge in [-0.1, -0.05) is 0 Å². The van der Waals surface area contributed by atoms with Gasteiger partial charge in [-0.2, -0.15) is 0 Å². The van der Waals surface area contributed by atoms with E-state index in [1.807, 2.05) is 0 Å². The molecule has 0 N–H and O–H groups in total. The van der Waals surface area contributed by atoms with Gasteiger partial charge in [-0.05, 0) is 0 Å². The number of hydrogen-bond acceptors (Lipinski definition) is 0. The van der Waals surface area contributed by atoms with Gasteiger partial charge in [0, 0.05) is 0 Å². The number of allylic oxidation sites excluding steroid dienone is 2. The Labute approximate surface area is 381 Å². The van der Waals surface area contributed by atoms with E-state index in [-0.39, 0.29) is 7.25 Å². The average Bonchev–Trinajstić information content (AvgIpc) is 3.88. The van der Waals surface area contributed by atoms with Gasteiger partial charge in [0.25, 0.3) is 0 Å². The quantitative estimate of drug-likeness (QED) is 0.114. The van der Waals surface area contributed by atoms with Gasteiger partial charge >= 0.3 is 384 Å². The van der Waals surface area contributed by atoms with Gasteiger partial charge in [-0.25, -0.2) is 0 Å². The van der Waals surface area contributed by atoms with Crippen molar-refractivity contribution in [3.8, 4) is 22.3 Å². The number of halogens is 2. The number of benzene rings is 6. The Balaban J connectivity index is 1.22. The molecule has 2 fully saturated rings. The van der Waals surface area contributed by atoms with Crippen LogP contribution in [0.5, 0.6) is 0 Å². The van der Waals surface area contributed by atoms with Crippen LogP contribution in [0.4, 0.5) is 0 Å². The van der Waals surface area contributed by atoms with Crippen LogP contribution in [0, 0.1) is 10.8 Å². The molecule has 0 heterocycles. The van der Waals surface area contributed by atoms with Gasteiger partial charge in [0.05, 0.1) is 0 Å². The van der Waals surface area contributed by atoms with E-state index >= 15 is 0 Å². The minimum atomic E-state index is -5.18. The molecule has 0 radical (unpaired) electrons. The molecule has 319 valence electrons. The zero-order valence-corrected chi connectivity index (χ0v) is 42.7. The molecule has 4 aliphatic rings. The summed E-state index contributed by atoms with van der Waals surface area (Å²) in [5.74, 6) is -1.79. The molecular weight excluding hydrogens is 887 g/mol. The molecule has 6 aromatic rings. The van der Waals surface area contributed by atoms with Crippen molar-refractivity contribution in [2.75, 3.05) is 0 Å². The van der Waals surface area contributed by atoms with E-state index in [9.17, 15) is 17.0 Å². The third-order valence-corrected chi connectivity index (χ3v) is 69.0. The number of rotatable bonds is 11. The van der Waals surface area contributed by atoms with Crippen molar-refractivity contribution in [2.45, 2.75) is 124 Å². The summed E-state index contributed by atoms with van der Waals surface area (Å²) in [7, 11) is 18.7. The van der Waals surface area contributed by atoms with E-state index in [0.717, 1.165) is 12.8 Å². The molecule has 0 aliphatic heterocycles. The first-order chi connectivity index (χ1) is 30.1. The van der Waals surface area contributed by atoms with E-state index in [4.69, 9.17) is 0 Å². The van der Waals surface area contributed by atoms with Crippen molar-refractivity contribution in [3.05, 3.63) is 155 Å². The summed E-state index contributed by atoms with van der Waals surface area (Å²) in [6.45, 7) is 10.1. The normalized spacial score (nSPS) is 21.3. The second-order valence-electron chi connectivity index (χ2n) is 20.5. The van der Waals surface area contributed by atoms with Crippen molar-refractivity contribution in [3.63, 3.8) is 0 Å². The molecule has 4 aliphatic carbocycles. The van der Waals surface area contributed by atoms with E-state index in [1.54, 1.807) is 11.1 Å². The Morgan fingerprint density at radius 1 is 0.484 bits per heavy atom. The predicted molar refractivity (Wildman–Crippen MR) is 272 cm³/mol. The Kier molecular flexibility index (Phi) is 11.6. The molecule has 2 unspecified atom stereocenters. The van der Waals surface area contributed by atoms with Crippen molar-refractivity contribution in [2.24, 2.45) is 10.8 Å². The summed E-state index contributed by atoms with van der Waals surface area (Å²) in [5, 5.41) is 5.20. The summed E-state index contributed by atoms with van der Waals surface area (Å²) >= 11 is -5.18. The van der Waals surface area contributed by atoms with E-state index < -0.39 is 21.5 Å². The minimum absolute atomic E-state index is 0.0752. The fraction of sp³-hybridized carbons (Fsp3) is 0.379. The zero-order valence-electron chi connectivity index (χ0n) is 37.6. The summed E-state index contributed by atoms with van der Waals surface area (Å²) in [5.41, 5.74) is 14.6. The first-order valence-corrected chi connectivity index (χ1v) is 40.6. The maximum atomic E-state index is 9.34. The van der Waals surface area contributed by atoms with Crippen LogP contribution < -0.4 is 0 Å². The molecule has 0 nitrogen and oxygen atoms in total. The molecule has 0 spiro atoms. The van der Waals surface area contributed by atoms with Crippen LogP contribution in [0.1, 0.15) is 133 Å². The van der Waals surface area contributed by atoms with E-state index in [0.29, 0.717) is 10.8 Å². The molecule has 0 saturated heterocycles. The first-order valence-electron chi connectivity index (χ1n) is 24.3. The van der Waals surface area contributed by atoms with Gasteiger partial charge in [0.15, 0.2) is 0 Å². The SMILES string of the molecule is CCC1(CC2=Cc3c(-c4cccc5ccccc45)cccc3[CH]2[Zr]([Cl])([Cl])([CH]2C(CC3(CC)CCCCC3)=Cc3c(-c4cccc5ccccc45)cccc32)[SiH](C)C)CCCCC1. The third kappa shape index (κ3) is 7.07. The summed E-state index contributed by atoms with van der Waals surface area (Å²) < 4.78 is 0.150. The average molecular weight is 952 g/mol. The van der Waals surface area contributed by atoms with E-state index in [1.165, 1.54) is 143 Å². The van der Waals surface area contributed by atoms with Crippen LogP contribution in [0.25, 0.3) is 56.0 Å². The fourth-order valence-corrected chi connectivity index (χ4v) is 44.8. The van der Waals surface area contributed by atoms with E-state index in [2.05, 4.69) is 160 Å². The second-order valence-corrected chi connectivity index (χ2v) is 63.0. The Morgan fingerprint density at radius 2 is 0.855 bits per heavy atom. The molecule has 2 atom stereocenters. The Morgan fingerprint density at radius 3 is 1.26 bits per heavy atom. The van der Waals surface area contributed by atoms with Gasteiger partial charge in [-0.15, -0.1) is 0 Å². The summed E-state index contributed by atoms with van der Waals surface area (Å²) in [6.07, 6.45) is 23.2. The van der Waals surface area contributed by atoms with Gasteiger partial charge < -0.3 is 0 Å². The number of hydrogen-bond donors (Lipinski definition) is 0. The van der Waals surface area contributed by atoms with Crippen molar-refractivity contribution < 1.29 is 15.6 Å². The maximum absolute atomic E-state index is 9.34. The predicted octanol–water partition coefficient (Wildman–Crippen LogP) is 18.4. The molecular formula is C58H65Cl2SiZr. The standard InChI is InChI=1S/2C28H29.C2H7Si.2ClH.Zr/c2*1-2-28(16-6-3-7-17-28)20-21-18-23-12-9-15-26(27(23)19-21)25-14-8-11-22-10-4-5-13-24(22)25;1-3-2;;;/h2*4-5,8-15,18-19H,2-3,6-7,16-17,20H2,1H3;3H,1-2H3;2*1H;/q;;;;;+2/p-2. The van der Waals surface area contributed by atoms with Crippen LogP contribution in [0.2, 0.25) is 13.1 Å². The molecule has 0 aromatic heterocycles. The second kappa shape index (κ2) is 16.8. The molecule has 6 aromatic carbocycles. The Hall–Kier alpha value is -3.00. The molecule has 0 amide bonds. The van der Waals surface area contributed by atoms with Crippen LogP contribution in [-0.4, -0.2) is 5.92 Å². The third-order valence-electron chi connectivity index (χ3n) is 17.2. The molecule has 10 rings (SSSR count). The van der Waals surface area contributed by atoms with Crippen LogP contribution in [0.15, 0.2) is 132 Å². The van der Waals surface area contributed by atoms with Crippen molar-refractivity contribution >= 4 is 56.6 Å². The molecule has 4 heteroatoms. The van der Waals surface area contributed by atoms with Gasteiger partial charge in [0.2, 0.25) is 0 Å². The van der Waals surface area contributed by atoms with Crippen LogP contribution in [0.3, 0.4) is 0 Å². The van der Waals surface area contributed by atoms with Crippen LogP contribution in [-0.2, 0) is 15.6 Å². The number of fused-ring (bicyclic) bond motifs is 4. The van der Waals surface area contributed by atoms with Crippen molar-refractivity contribution in [1.82, 2.24) is 0 Å². The molecule has 0 bridgehead atoms. The fourth-order valence-electron chi connectivity index (χ4n) is 13.5. The molecule has 2 saturated carbocycles. The monoisotopic (exact) mass is 949 g/mol. The van der Waals surface area contributed by atoms with Crippen molar-refractivity contribution in [1.29, 1.82) is 0 Å². The summed E-state index contributed by atoms with van der Waals surface area (Å²) in [6, 6.07) is 45.9. The van der Waals surface area contributed by atoms with Gasteiger partial charge in [-0.3, -0.25) is 0 Å². The molecule has 62 heavy (non-hydrogen) atoms. The first kappa shape index (κ1) is 42.9.